The van der Waals surface area contributed by atoms with Crippen LogP contribution in [-0.4, -0.2) is 24.1 Å². The van der Waals surface area contributed by atoms with E-state index in [1.165, 1.54) is 5.56 Å². The number of alkyl carbamates (subject to hydrolysis) is 1. The van der Waals surface area contributed by atoms with Crippen LogP contribution in [0.3, 0.4) is 0 Å². The van der Waals surface area contributed by atoms with E-state index in [0.29, 0.717) is 6.42 Å². The van der Waals surface area contributed by atoms with Gasteiger partial charge in [-0.1, -0.05) is 36.4 Å². The Morgan fingerprint density at radius 3 is 2.59 bits per heavy atom. The minimum atomic E-state index is -0.462. The number of rotatable bonds is 4. The number of anilines is 1. The van der Waals surface area contributed by atoms with Crippen LogP contribution < -0.4 is 10.2 Å². The number of benzene rings is 2. The number of carbonyl (C=O) groups excluding carboxylic acids is 2. The second-order valence-corrected chi connectivity index (χ2v) is 7.67. The second kappa shape index (κ2) is 8.52. The summed E-state index contributed by atoms with van der Waals surface area (Å²) in [5.41, 5.74) is 5.03. The molecule has 5 heteroatoms. The molecular weight excluding hydrogens is 364 g/mol. The predicted octanol–water partition coefficient (Wildman–Crippen LogP) is 5.15. The van der Waals surface area contributed by atoms with Gasteiger partial charge in [-0.3, -0.25) is 4.79 Å². The Labute approximate surface area is 172 Å². The summed E-state index contributed by atoms with van der Waals surface area (Å²) in [5, 5.41) is 2.98. The van der Waals surface area contributed by atoms with Crippen molar-refractivity contribution in [2.45, 2.75) is 52.3 Å². The highest BCUT2D eigenvalue weighted by atomic mass is 16.6. The maximum atomic E-state index is 12.4. The minimum absolute atomic E-state index is 0.0528. The molecule has 1 aliphatic rings. The molecule has 3 rings (SSSR count). The Morgan fingerprint density at radius 2 is 1.97 bits per heavy atom. The molecule has 1 heterocycles. The van der Waals surface area contributed by atoms with Crippen LogP contribution in [0.4, 0.5) is 10.5 Å². The summed E-state index contributed by atoms with van der Waals surface area (Å²) in [6, 6.07) is 13.7. The van der Waals surface area contributed by atoms with Crippen LogP contribution in [0, 0.1) is 6.92 Å². The number of aryl methyl sites for hydroxylation is 1. The molecule has 0 fully saturated rings. The van der Waals surface area contributed by atoms with Crippen molar-refractivity contribution in [3.63, 3.8) is 0 Å². The first kappa shape index (κ1) is 20.6. The number of fused-ring (bicyclic) bond motifs is 1. The number of amides is 2. The number of hydrogen-bond donors (Lipinski definition) is 1. The third kappa shape index (κ3) is 4.34. The Bertz CT molecular complexity index is 935. The molecule has 152 valence electrons. The zero-order valence-corrected chi connectivity index (χ0v) is 17.4. The van der Waals surface area contributed by atoms with Crippen molar-refractivity contribution >= 4 is 17.7 Å². The highest BCUT2D eigenvalue weighted by Gasteiger charge is 2.34. The fraction of sp³-hybridized carbons (Fsp3) is 0.333. The molecule has 1 N–H and O–H groups in total. The van der Waals surface area contributed by atoms with Crippen LogP contribution in [0.15, 0.2) is 55.1 Å². The number of hydrogen-bond acceptors (Lipinski definition) is 3. The van der Waals surface area contributed by atoms with Crippen LogP contribution in [0.25, 0.3) is 11.1 Å². The fourth-order valence-corrected chi connectivity index (χ4v) is 3.90. The van der Waals surface area contributed by atoms with E-state index in [1.54, 1.807) is 17.9 Å². The third-order valence-electron chi connectivity index (χ3n) is 5.17. The summed E-state index contributed by atoms with van der Waals surface area (Å²) in [6.07, 6.45) is 1.62. The molecule has 0 bridgehead atoms. The van der Waals surface area contributed by atoms with Gasteiger partial charge in [0.1, 0.15) is 0 Å². The van der Waals surface area contributed by atoms with Crippen LogP contribution >= 0.6 is 0 Å². The Hall–Kier alpha value is -3.08. The summed E-state index contributed by atoms with van der Waals surface area (Å²) < 4.78 is 5.29. The molecule has 1 aliphatic heterocycles. The van der Waals surface area contributed by atoms with Gasteiger partial charge < -0.3 is 15.0 Å². The molecule has 5 nitrogen and oxygen atoms in total. The lowest BCUT2D eigenvalue weighted by Crippen LogP contribution is -2.46. The van der Waals surface area contributed by atoms with Gasteiger partial charge in [-0.2, -0.15) is 0 Å². The average molecular weight is 392 g/mol. The lowest BCUT2D eigenvalue weighted by molar-refractivity contribution is -0.117. The van der Waals surface area contributed by atoms with Crippen molar-refractivity contribution in [3.8, 4) is 11.1 Å². The summed E-state index contributed by atoms with van der Waals surface area (Å²) in [6.45, 7) is 11.1. The van der Waals surface area contributed by atoms with Gasteiger partial charge in [0.15, 0.2) is 0 Å². The van der Waals surface area contributed by atoms with Crippen molar-refractivity contribution in [1.82, 2.24) is 5.32 Å². The van der Waals surface area contributed by atoms with Crippen molar-refractivity contribution in [2.75, 3.05) is 4.90 Å². The van der Waals surface area contributed by atoms with Gasteiger partial charge in [-0.05, 0) is 61.6 Å². The first-order valence-corrected chi connectivity index (χ1v) is 9.91. The lowest BCUT2D eigenvalue weighted by atomic mass is 9.88. The maximum Gasteiger partial charge on any atom is 0.407 e. The van der Waals surface area contributed by atoms with Gasteiger partial charge in [-0.25, -0.2) is 4.79 Å². The topological polar surface area (TPSA) is 58.6 Å². The monoisotopic (exact) mass is 392 g/mol. The Balaban J connectivity index is 2.08. The number of nitrogens with one attached hydrogen (secondary N) is 1. The highest BCUT2D eigenvalue weighted by molar-refractivity contribution is 5.95. The van der Waals surface area contributed by atoms with E-state index in [4.69, 9.17) is 4.74 Å². The third-order valence-corrected chi connectivity index (χ3v) is 5.17. The summed E-state index contributed by atoms with van der Waals surface area (Å²) in [4.78, 5) is 26.4. The average Bonchev–Trinajstić information content (AvgIpc) is 2.66. The molecule has 2 unspecified atom stereocenters. The predicted molar refractivity (Wildman–Crippen MR) is 116 cm³/mol. The molecular formula is C24H28N2O3. The number of carbonyl (C=O) groups is 2. The van der Waals surface area contributed by atoms with Crippen molar-refractivity contribution in [3.05, 3.63) is 66.2 Å². The maximum absolute atomic E-state index is 12.4. The van der Waals surface area contributed by atoms with Crippen molar-refractivity contribution in [1.29, 1.82) is 0 Å². The van der Waals surface area contributed by atoms with E-state index in [1.807, 2.05) is 38.1 Å². The van der Waals surface area contributed by atoms with E-state index >= 15 is 0 Å². The number of ether oxygens (including phenoxy) is 1. The van der Waals surface area contributed by atoms with Crippen molar-refractivity contribution < 1.29 is 14.3 Å². The van der Waals surface area contributed by atoms with E-state index in [0.717, 1.165) is 22.4 Å². The highest BCUT2D eigenvalue weighted by Crippen LogP contribution is 2.40. The molecule has 2 amide bonds. The smallest absolute Gasteiger partial charge is 0.407 e. The van der Waals surface area contributed by atoms with E-state index < -0.39 is 6.09 Å². The van der Waals surface area contributed by atoms with Gasteiger partial charge in [0, 0.05) is 12.6 Å². The van der Waals surface area contributed by atoms with Crippen LogP contribution in [0.2, 0.25) is 0 Å². The van der Waals surface area contributed by atoms with Crippen LogP contribution in [-0.2, 0) is 9.53 Å². The van der Waals surface area contributed by atoms with Gasteiger partial charge in [-0.15, -0.1) is 6.58 Å². The molecule has 2 atom stereocenters. The standard InChI is InChI=1S/C24H28N2O3/c1-6-19-14-22(25-24(28)29-15(2)3)21-13-18(20-10-8-7-9-16(20)4)11-12-23(21)26(19)17(5)27/h6-13,15,19,22H,1,14H2,2-5H3,(H,25,28). The SMILES string of the molecule is C=CC1CC(NC(=O)OC(C)C)c2cc(-c3ccccc3C)ccc2N1C(C)=O. The molecule has 0 aromatic heterocycles. The zero-order chi connectivity index (χ0) is 21.1. The quantitative estimate of drug-likeness (QED) is 0.732. The fourth-order valence-electron chi connectivity index (χ4n) is 3.90. The van der Waals surface area contributed by atoms with Gasteiger partial charge in [0.25, 0.3) is 0 Å². The molecule has 2 aromatic rings. The molecule has 29 heavy (non-hydrogen) atoms. The zero-order valence-electron chi connectivity index (χ0n) is 17.4. The van der Waals surface area contributed by atoms with Crippen LogP contribution in [0.1, 0.15) is 44.4 Å². The minimum Gasteiger partial charge on any atom is -0.447 e. The summed E-state index contributed by atoms with van der Waals surface area (Å²) in [7, 11) is 0. The summed E-state index contributed by atoms with van der Waals surface area (Å²) >= 11 is 0. The van der Waals surface area contributed by atoms with E-state index in [-0.39, 0.29) is 24.1 Å². The first-order valence-electron chi connectivity index (χ1n) is 9.91. The molecule has 0 saturated heterocycles. The molecule has 0 saturated carbocycles. The normalized spacial score (nSPS) is 18.2. The molecule has 0 aliphatic carbocycles. The van der Waals surface area contributed by atoms with Gasteiger partial charge in [0.2, 0.25) is 5.91 Å². The Kier molecular flexibility index (Phi) is 6.06. The van der Waals surface area contributed by atoms with Gasteiger partial charge >= 0.3 is 6.09 Å². The Morgan fingerprint density at radius 1 is 1.24 bits per heavy atom. The molecule has 0 spiro atoms. The second-order valence-electron chi connectivity index (χ2n) is 7.67. The van der Waals surface area contributed by atoms with E-state index in [9.17, 15) is 9.59 Å². The number of nitrogens with zero attached hydrogens (tertiary/aromatic N) is 1. The van der Waals surface area contributed by atoms with E-state index in [2.05, 4.69) is 37.0 Å². The lowest BCUT2D eigenvalue weighted by Gasteiger charge is -2.39. The van der Waals surface area contributed by atoms with Gasteiger partial charge in [0.05, 0.1) is 18.2 Å². The van der Waals surface area contributed by atoms with Crippen LogP contribution in [0.5, 0.6) is 0 Å². The first-order chi connectivity index (χ1) is 13.8. The molecule has 0 radical (unpaired) electrons. The summed E-state index contributed by atoms with van der Waals surface area (Å²) in [5.74, 6) is -0.0528. The largest absolute Gasteiger partial charge is 0.447 e. The van der Waals surface area contributed by atoms with Crippen molar-refractivity contribution in [2.24, 2.45) is 0 Å². The molecule has 2 aromatic carbocycles.